The van der Waals surface area contributed by atoms with Gasteiger partial charge >= 0.3 is 5.69 Å². The second-order valence-corrected chi connectivity index (χ2v) is 2.50. The van der Waals surface area contributed by atoms with E-state index in [2.05, 4.69) is 0 Å². The quantitative estimate of drug-likeness (QED) is 0.217. The monoisotopic (exact) mass is 238 g/mol. The smallest absolute Gasteiger partial charge is 0.320 e. The first kappa shape index (κ1) is 11.9. The van der Waals surface area contributed by atoms with Crippen LogP contribution in [0.5, 0.6) is 0 Å². The van der Waals surface area contributed by atoms with Gasteiger partial charge in [-0.15, -0.1) is 0 Å². The first-order chi connectivity index (χ1) is 7.41. The van der Waals surface area contributed by atoms with Crippen LogP contribution in [-0.4, -0.2) is 11.3 Å². The molecule has 5 nitrogen and oxygen atoms in total. The molecular weight excluding hydrogens is 236 g/mol. The van der Waals surface area contributed by atoms with Gasteiger partial charge in [0.05, 0.1) is 4.92 Å². The lowest BCUT2D eigenvalue weighted by Crippen LogP contribution is -2.09. The largest absolute Gasteiger partial charge is 0.334 e. The van der Waals surface area contributed by atoms with Gasteiger partial charge in [0.15, 0.2) is 17.3 Å². The molecule has 0 saturated carbocycles. The fourth-order valence-electron chi connectivity index (χ4n) is 0.982. The first-order valence-corrected chi connectivity index (χ1v) is 3.62. The zero-order valence-electron chi connectivity index (χ0n) is 7.26. The lowest BCUT2D eigenvalue weighted by atomic mass is 10.2. The van der Waals surface area contributed by atoms with Gasteiger partial charge in [0, 0.05) is 0 Å². The van der Waals surface area contributed by atoms with E-state index in [1.165, 1.54) is 5.32 Å². The molecule has 16 heavy (non-hydrogen) atoms. The van der Waals surface area contributed by atoms with Crippen molar-refractivity contribution in [3.8, 4) is 0 Å². The maximum Gasteiger partial charge on any atom is 0.334 e. The summed E-state index contributed by atoms with van der Waals surface area (Å²) >= 11 is 0. The molecule has 0 bridgehead atoms. The van der Waals surface area contributed by atoms with Crippen molar-refractivity contribution in [2.24, 2.45) is 0 Å². The summed E-state index contributed by atoms with van der Waals surface area (Å²) in [5.74, 6) is -8.79. The maximum atomic E-state index is 12.9. The van der Waals surface area contributed by atoms with Gasteiger partial charge in [0.1, 0.15) is 0 Å². The van der Waals surface area contributed by atoms with Gasteiger partial charge in [0.2, 0.25) is 18.0 Å². The highest BCUT2D eigenvalue weighted by atomic mass is 19.2. The van der Waals surface area contributed by atoms with Gasteiger partial charge in [-0.25, -0.2) is 13.2 Å². The number of benzene rings is 1. The number of nitro benzene ring substituents is 1. The summed E-state index contributed by atoms with van der Waals surface area (Å²) in [5, 5.41) is 11.7. The zero-order valence-corrected chi connectivity index (χ0v) is 7.26. The zero-order chi connectivity index (χ0) is 12.5. The van der Waals surface area contributed by atoms with Crippen molar-refractivity contribution in [2.45, 2.75) is 0 Å². The van der Waals surface area contributed by atoms with E-state index in [1.54, 1.807) is 0 Å². The third-order valence-corrected chi connectivity index (χ3v) is 1.63. The van der Waals surface area contributed by atoms with Gasteiger partial charge in [-0.05, 0) is 0 Å². The standard InChI is InChI=1S/C7H2F4N2O3/c8-2-3(9)5(11)7(13(15)16)6(4(2)10)12-1-14/h1H,(H,12,14). The molecule has 0 aliphatic carbocycles. The normalized spacial score (nSPS) is 10.0. The Morgan fingerprint density at radius 3 is 2.00 bits per heavy atom. The third kappa shape index (κ3) is 1.66. The Balaban J connectivity index is 3.68. The van der Waals surface area contributed by atoms with Crippen molar-refractivity contribution in [1.29, 1.82) is 0 Å². The van der Waals surface area contributed by atoms with Crippen LogP contribution in [0.4, 0.5) is 28.9 Å². The predicted octanol–water partition coefficient (Wildman–Crippen LogP) is 1.72. The minimum absolute atomic E-state index is 0.234. The summed E-state index contributed by atoms with van der Waals surface area (Å²) in [6.45, 7) is 0. The molecule has 86 valence electrons. The van der Waals surface area contributed by atoms with Crippen LogP contribution in [-0.2, 0) is 4.79 Å². The van der Waals surface area contributed by atoms with Crippen LogP contribution in [0.25, 0.3) is 0 Å². The molecule has 0 atom stereocenters. The summed E-state index contributed by atoms with van der Waals surface area (Å²) < 4.78 is 51.1. The Kier molecular flexibility index (Phi) is 3.06. The fourth-order valence-corrected chi connectivity index (χ4v) is 0.982. The fraction of sp³-hybridized carbons (Fsp3) is 0. The predicted molar refractivity (Wildman–Crippen MR) is 42.6 cm³/mol. The molecule has 1 aromatic carbocycles. The van der Waals surface area contributed by atoms with Crippen molar-refractivity contribution < 1.29 is 27.3 Å². The molecule has 9 heteroatoms. The Morgan fingerprint density at radius 1 is 1.06 bits per heavy atom. The minimum Gasteiger partial charge on any atom is -0.320 e. The number of anilines is 1. The molecule has 1 rings (SSSR count). The number of rotatable bonds is 3. The van der Waals surface area contributed by atoms with Gasteiger partial charge in [-0.3, -0.25) is 14.9 Å². The van der Waals surface area contributed by atoms with E-state index in [4.69, 9.17) is 0 Å². The lowest BCUT2D eigenvalue weighted by molar-refractivity contribution is -0.387. The number of carbonyl (C=O) groups excluding carboxylic acids is 1. The summed E-state index contributed by atoms with van der Waals surface area (Å²) in [5.41, 5.74) is -3.04. The van der Waals surface area contributed by atoms with Crippen molar-refractivity contribution in [2.75, 3.05) is 5.32 Å². The molecule has 0 fully saturated rings. The Labute approximate surface area is 84.8 Å². The molecule has 0 aromatic heterocycles. The van der Waals surface area contributed by atoms with E-state index in [0.717, 1.165) is 0 Å². The van der Waals surface area contributed by atoms with E-state index in [0.29, 0.717) is 0 Å². The van der Waals surface area contributed by atoms with E-state index in [-0.39, 0.29) is 6.41 Å². The van der Waals surface area contributed by atoms with Crippen molar-refractivity contribution in [1.82, 2.24) is 0 Å². The average Bonchev–Trinajstić information content (AvgIpc) is 2.23. The first-order valence-electron chi connectivity index (χ1n) is 3.62. The van der Waals surface area contributed by atoms with Crippen LogP contribution in [0.1, 0.15) is 0 Å². The van der Waals surface area contributed by atoms with E-state index in [9.17, 15) is 32.5 Å². The molecular formula is C7H2F4N2O3. The highest BCUT2D eigenvalue weighted by Crippen LogP contribution is 2.33. The molecule has 1 aromatic rings. The van der Waals surface area contributed by atoms with Gasteiger partial charge in [-0.1, -0.05) is 0 Å². The highest BCUT2D eigenvalue weighted by molar-refractivity contribution is 5.78. The van der Waals surface area contributed by atoms with Crippen LogP contribution in [0.3, 0.4) is 0 Å². The number of nitrogens with one attached hydrogen (secondary N) is 1. The van der Waals surface area contributed by atoms with Gasteiger partial charge < -0.3 is 5.32 Å². The SMILES string of the molecule is O=CNc1c(F)c(F)c(F)c(F)c1[N+](=O)[O-]. The molecule has 0 spiro atoms. The number of hydrogen-bond acceptors (Lipinski definition) is 3. The van der Waals surface area contributed by atoms with Crippen LogP contribution in [0.2, 0.25) is 0 Å². The average molecular weight is 238 g/mol. The van der Waals surface area contributed by atoms with Crippen LogP contribution in [0, 0.1) is 33.4 Å². The van der Waals surface area contributed by atoms with Crippen LogP contribution < -0.4 is 5.32 Å². The lowest BCUT2D eigenvalue weighted by Gasteiger charge is -2.05. The number of nitrogens with zero attached hydrogens (tertiary/aromatic N) is 1. The number of hydrogen-bond donors (Lipinski definition) is 1. The second kappa shape index (κ2) is 4.13. The number of carbonyl (C=O) groups is 1. The highest BCUT2D eigenvalue weighted by Gasteiger charge is 2.32. The molecule has 0 aliphatic rings. The molecule has 0 unspecified atom stereocenters. The Hall–Kier alpha value is -2.19. The van der Waals surface area contributed by atoms with Crippen molar-refractivity contribution in [3.63, 3.8) is 0 Å². The molecule has 0 saturated heterocycles. The number of amides is 1. The van der Waals surface area contributed by atoms with Gasteiger partial charge in [-0.2, -0.15) is 4.39 Å². The summed E-state index contributed by atoms with van der Waals surface area (Å²) in [6, 6.07) is 0. The van der Waals surface area contributed by atoms with E-state index in [1.807, 2.05) is 0 Å². The molecule has 0 aliphatic heterocycles. The maximum absolute atomic E-state index is 12.9. The second-order valence-electron chi connectivity index (χ2n) is 2.50. The van der Waals surface area contributed by atoms with Crippen LogP contribution in [0.15, 0.2) is 0 Å². The molecule has 0 radical (unpaired) electrons. The van der Waals surface area contributed by atoms with Crippen LogP contribution >= 0.6 is 0 Å². The van der Waals surface area contributed by atoms with E-state index < -0.39 is 39.6 Å². The molecule has 1 amide bonds. The Morgan fingerprint density at radius 2 is 1.56 bits per heavy atom. The number of nitro groups is 1. The van der Waals surface area contributed by atoms with Gasteiger partial charge in [0.25, 0.3) is 0 Å². The van der Waals surface area contributed by atoms with Crippen molar-refractivity contribution >= 4 is 17.8 Å². The third-order valence-electron chi connectivity index (χ3n) is 1.63. The summed E-state index contributed by atoms with van der Waals surface area (Å²) in [7, 11) is 0. The van der Waals surface area contributed by atoms with Crippen molar-refractivity contribution in [3.05, 3.63) is 33.4 Å². The summed E-state index contributed by atoms with van der Waals surface area (Å²) in [4.78, 5) is 18.8. The minimum atomic E-state index is -2.32. The topological polar surface area (TPSA) is 72.2 Å². The number of halogens is 4. The Bertz CT molecular complexity index is 477. The summed E-state index contributed by atoms with van der Waals surface area (Å²) in [6.07, 6.45) is -0.234. The van der Waals surface area contributed by atoms with E-state index >= 15 is 0 Å². The molecule has 1 N–H and O–H groups in total. The molecule has 0 heterocycles.